The first-order valence-corrected chi connectivity index (χ1v) is 14.5. The van der Waals surface area contributed by atoms with Crippen LogP contribution < -0.4 is 24.3 Å². The van der Waals surface area contributed by atoms with Gasteiger partial charge >= 0.3 is 6.09 Å². The lowest BCUT2D eigenvalue weighted by molar-refractivity contribution is 0.0278. The smallest absolute Gasteiger partial charge is 0.410 e. The van der Waals surface area contributed by atoms with E-state index < -0.39 is 35.0 Å². The molecule has 2 aromatic heterocycles. The van der Waals surface area contributed by atoms with Gasteiger partial charge in [0.1, 0.15) is 23.7 Å². The number of nitrogens with one attached hydrogen (secondary N) is 1. The van der Waals surface area contributed by atoms with Crippen molar-refractivity contribution >= 4 is 28.6 Å². The number of ether oxygens (including phenoxy) is 5. The molecular weight excluding hydrogens is 602 g/mol. The maximum absolute atomic E-state index is 15.2. The molecule has 0 unspecified atom stereocenters. The second-order valence-corrected chi connectivity index (χ2v) is 11.1. The zero-order valence-corrected chi connectivity index (χ0v) is 26.5. The minimum Gasteiger partial charge on any atom is -0.493 e. The molecule has 0 saturated carbocycles. The van der Waals surface area contributed by atoms with Crippen molar-refractivity contribution in [3.05, 3.63) is 72.2 Å². The Balaban J connectivity index is 1.50. The number of aromatic nitrogens is 2. The van der Waals surface area contributed by atoms with Crippen LogP contribution in [0.25, 0.3) is 10.9 Å². The lowest BCUT2D eigenvalue weighted by Crippen LogP contribution is -2.36. The summed E-state index contributed by atoms with van der Waals surface area (Å²) >= 11 is 0. The minimum atomic E-state index is -0.923. The zero-order valence-electron chi connectivity index (χ0n) is 26.5. The number of pyridine rings is 2. The second-order valence-electron chi connectivity index (χ2n) is 11.1. The number of hydrogen-bond acceptors (Lipinski definition) is 9. The molecule has 1 N–H and O–H groups in total. The summed E-state index contributed by atoms with van der Waals surface area (Å²) in [5.41, 5.74) is -0.511. The number of fused-ring (bicyclic) bond motifs is 1. The fraction of sp³-hybridized carbons (Fsp3) is 0.333. The highest BCUT2D eigenvalue weighted by molar-refractivity contribution is 6.06. The zero-order chi connectivity index (χ0) is 33.4. The van der Waals surface area contributed by atoms with Gasteiger partial charge in [-0.05, 0) is 45.4 Å². The number of rotatable bonds is 12. The van der Waals surface area contributed by atoms with Crippen LogP contribution in [0.4, 0.5) is 19.3 Å². The fourth-order valence-electron chi connectivity index (χ4n) is 4.11. The molecule has 13 heteroatoms. The summed E-state index contributed by atoms with van der Waals surface area (Å²) in [6.07, 6.45) is 4.43. The van der Waals surface area contributed by atoms with Gasteiger partial charge in [-0.2, -0.15) is 0 Å². The van der Waals surface area contributed by atoms with Crippen molar-refractivity contribution in [1.82, 2.24) is 14.9 Å². The van der Waals surface area contributed by atoms with Crippen LogP contribution >= 0.6 is 0 Å². The molecule has 4 aromatic rings. The number of anilines is 1. The van der Waals surface area contributed by atoms with Gasteiger partial charge in [-0.3, -0.25) is 14.8 Å². The molecule has 0 fully saturated rings. The molecular formula is C33H36F2N4O7. The van der Waals surface area contributed by atoms with Crippen molar-refractivity contribution in [1.29, 1.82) is 0 Å². The third kappa shape index (κ3) is 8.49. The standard InChI is InChI=1S/C33H36F2N4O7/c1-7-13-43-26-8-10-36-19-21(26)31(40)38-25-16-23(35)28(17-22(25)34)45-27-9-11-37-24-18-30(29(42-6)15-20(24)27)44-14-12-39(5)32(41)46-33(2,3)4/h8-11,15-19H,7,12-14H2,1-6H3,(H,38,40). The van der Waals surface area contributed by atoms with E-state index in [1.54, 1.807) is 40.0 Å². The van der Waals surface area contributed by atoms with Crippen molar-refractivity contribution in [2.45, 2.75) is 39.7 Å². The molecule has 0 aliphatic carbocycles. The first-order chi connectivity index (χ1) is 21.9. The summed E-state index contributed by atoms with van der Waals surface area (Å²) in [5, 5.41) is 2.80. The summed E-state index contributed by atoms with van der Waals surface area (Å²) < 4.78 is 58.4. The molecule has 2 aromatic carbocycles. The summed E-state index contributed by atoms with van der Waals surface area (Å²) in [7, 11) is 3.05. The molecule has 0 spiro atoms. The summed E-state index contributed by atoms with van der Waals surface area (Å²) in [6, 6.07) is 7.89. The van der Waals surface area contributed by atoms with Crippen molar-refractivity contribution < 1.29 is 42.1 Å². The number of methoxy groups -OCH3 is 1. The highest BCUT2D eigenvalue weighted by Crippen LogP contribution is 2.38. The summed E-state index contributed by atoms with van der Waals surface area (Å²) in [6.45, 7) is 8.01. The molecule has 46 heavy (non-hydrogen) atoms. The topological polar surface area (TPSA) is 121 Å². The third-order valence-corrected chi connectivity index (χ3v) is 6.35. The van der Waals surface area contributed by atoms with E-state index in [1.165, 1.54) is 42.7 Å². The Morgan fingerprint density at radius 3 is 2.37 bits per heavy atom. The Morgan fingerprint density at radius 2 is 1.65 bits per heavy atom. The maximum Gasteiger partial charge on any atom is 0.410 e. The first-order valence-electron chi connectivity index (χ1n) is 14.5. The van der Waals surface area contributed by atoms with Crippen LogP contribution in [0.3, 0.4) is 0 Å². The van der Waals surface area contributed by atoms with Crippen LogP contribution in [-0.4, -0.2) is 66.4 Å². The van der Waals surface area contributed by atoms with E-state index in [1.807, 2.05) is 6.92 Å². The molecule has 0 bridgehead atoms. The van der Waals surface area contributed by atoms with Gasteiger partial charge in [0.05, 0.1) is 37.0 Å². The van der Waals surface area contributed by atoms with Gasteiger partial charge in [-0.25, -0.2) is 13.6 Å². The van der Waals surface area contributed by atoms with E-state index in [2.05, 4.69) is 15.3 Å². The van der Waals surface area contributed by atoms with E-state index in [9.17, 15) is 9.59 Å². The Bertz CT molecular complexity index is 1710. The average Bonchev–Trinajstić information content (AvgIpc) is 3.01. The highest BCUT2D eigenvalue weighted by Gasteiger charge is 2.21. The monoisotopic (exact) mass is 638 g/mol. The van der Waals surface area contributed by atoms with E-state index in [4.69, 9.17) is 23.7 Å². The van der Waals surface area contributed by atoms with E-state index in [0.29, 0.717) is 35.4 Å². The Labute approximate surface area is 265 Å². The number of halogens is 2. The van der Waals surface area contributed by atoms with Gasteiger partial charge < -0.3 is 33.9 Å². The van der Waals surface area contributed by atoms with Crippen LogP contribution in [0, 0.1) is 11.6 Å². The lowest BCUT2D eigenvalue weighted by Gasteiger charge is -2.24. The average molecular weight is 639 g/mol. The number of carbonyl (C=O) groups is 2. The Morgan fingerprint density at radius 1 is 0.913 bits per heavy atom. The van der Waals surface area contributed by atoms with Crippen LogP contribution in [-0.2, 0) is 4.74 Å². The number of carbonyl (C=O) groups excluding carboxylic acids is 2. The van der Waals surface area contributed by atoms with Gasteiger partial charge in [-0.1, -0.05) is 6.92 Å². The van der Waals surface area contributed by atoms with Gasteiger partial charge in [0.25, 0.3) is 5.91 Å². The fourth-order valence-corrected chi connectivity index (χ4v) is 4.11. The number of hydrogen-bond donors (Lipinski definition) is 1. The summed E-state index contributed by atoms with van der Waals surface area (Å²) in [5.74, 6) is -1.85. The number of amides is 2. The van der Waals surface area contributed by atoms with Crippen molar-refractivity contribution in [2.24, 2.45) is 0 Å². The maximum atomic E-state index is 15.2. The van der Waals surface area contributed by atoms with Crippen molar-refractivity contribution in [2.75, 3.05) is 39.2 Å². The Kier molecular flexibility index (Phi) is 10.8. The predicted octanol–water partition coefficient (Wildman–Crippen LogP) is 7.00. The normalized spacial score (nSPS) is 11.1. The van der Waals surface area contributed by atoms with Crippen LogP contribution in [0.1, 0.15) is 44.5 Å². The van der Waals surface area contributed by atoms with Gasteiger partial charge in [-0.15, -0.1) is 0 Å². The second kappa shape index (κ2) is 14.7. The summed E-state index contributed by atoms with van der Waals surface area (Å²) in [4.78, 5) is 34.7. The molecule has 0 aliphatic heterocycles. The molecule has 0 atom stereocenters. The van der Waals surface area contributed by atoms with Gasteiger partial charge in [0, 0.05) is 49.2 Å². The Hall–Kier alpha value is -5.20. The molecule has 2 heterocycles. The molecule has 2 amide bonds. The molecule has 4 rings (SSSR count). The minimum absolute atomic E-state index is 0.0756. The molecule has 0 aliphatic rings. The van der Waals surface area contributed by atoms with Crippen molar-refractivity contribution in [3.8, 4) is 28.7 Å². The van der Waals surface area contributed by atoms with Crippen LogP contribution in [0.2, 0.25) is 0 Å². The molecule has 11 nitrogen and oxygen atoms in total. The quantitative estimate of drug-likeness (QED) is 0.175. The number of benzene rings is 2. The predicted molar refractivity (Wildman–Crippen MR) is 167 cm³/mol. The van der Waals surface area contributed by atoms with Crippen LogP contribution in [0.5, 0.6) is 28.7 Å². The van der Waals surface area contributed by atoms with Crippen molar-refractivity contribution in [3.63, 3.8) is 0 Å². The van der Waals surface area contributed by atoms with Crippen LogP contribution in [0.15, 0.2) is 55.0 Å². The van der Waals surface area contributed by atoms with E-state index >= 15 is 8.78 Å². The third-order valence-electron chi connectivity index (χ3n) is 6.35. The van der Waals surface area contributed by atoms with Gasteiger partial charge in [0.15, 0.2) is 28.9 Å². The van der Waals surface area contributed by atoms with Gasteiger partial charge in [0.2, 0.25) is 0 Å². The number of nitrogens with zero attached hydrogens (tertiary/aromatic N) is 3. The highest BCUT2D eigenvalue weighted by atomic mass is 19.1. The molecule has 0 saturated heterocycles. The lowest BCUT2D eigenvalue weighted by atomic mass is 10.1. The molecule has 244 valence electrons. The number of likely N-dealkylation sites (N-methyl/N-ethyl adjacent to an activating group) is 1. The first kappa shape index (κ1) is 33.7. The van der Waals surface area contributed by atoms with E-state index in [0.717, 1.165) is 12.1 Å². The largest absolute Gasteiger partial charge is 0.493 e. The SMILES string of the molecule is CCCOc1ccncc1C(=O)Nc1cc(F)c(Oc2ccnc3cc(OCCN(C)C(=O)OC(C)(C)C)c(OC)cc23)cc1F. The van der Waals surface area contributed by atoms with E-state index in [-0.39, 0.29) is 35.9 Å². The molecule has 0 radical (unpaired) electrons.